The first-order valence-electron chi connectivity index (χ1n) is 10.5. The molecule has 0 radical (unpaired) electrons. The number of nitrogens with zero attached hydrogens (tertiary/aromatic N) is 6. The predicted octanol–water partition coefficient (Wildman–Crippen LogP) is 2.92. The number of hydrogen-bond donors (Lipinski definition) is 0. The smallest absolute Gasteiger partial charge is 0.263 e. The molecule has 0 saturated carbocycles. The van der Waals surface area contributed by atoms with Gasteiger partial charge in [-0.1, -0.05) is 10.4 Å². The average Bonchev–Trinajstić information content (AvgIpc) is 3.54. The number of anilines is 1. The van der Waals surface area contributed by atoms with Crippen LogP contribution in [0.1, 0.15) is 12.8 Å². The van der Waals surface area contributed by atoms with Crippen molar-refractivity contribution in [3.63, 3.8) is 0 Å². The van der Waals surface area contributed by atoms with Gasteiger partial charge < -0.3 is 14.0 Å². The minimum Gasteiger partial charge on any atom is -0.493 e. The Morgan fingerprint density at radius 2 is 1.89 bits per heavy atom. The van der Waals surface area contributed by atoms with E-state index in [1.54, 1.807) is 18.2 Å². The van der Waals surface area contributed by atoms with E-state index >= 15 is 0 Å². The number of amides is 2. The molecule has 35 heavy (non-hydrogen) atoms. The Bertz CT molecular complexity index is 1350. The van der Waals surface area contributed by atoms with Crippen LogP contribution >= 0.6 is 0 Å². The molecule has 2 amide bonds. The van der Waals surface area contributed by atoms with Gasteiger partial charge in [0.05, 0.1) is 19.4 Å². The summed E-state index contributed by atoms with van der Waals surface area (Å²) in [4.78, 5) is 30.9. The molecular formula is C22H18F2N6O5. The van der Waals surface area contributed by atoms with Crippen molar-refractivity contribution in [1.29, 1.82) is 0 Å². The van der Waals surface area contributed by atoms with Gasteiger partial charge in [0, 0.05) is 11.6 Å². The van der Waals surface area contributed by atoms with Crippen LogP contribution in [0.4, 0.5) is 14.5 Å². The molecule has 180 valence electrons. The number of methoxy groups -OCH3 is 1. The van der Waals surface area contributed by atoms with Crippen LogP contribution in [0.2, 0.25) is 0 Å². The van der Waals surface area contributed by atoms with Gasteiger partial charge >= 0.3 is 0 Å². The third-order valence-electron chi connectivity index (χ3n) is 5.51. The van der Waals surface area contributed by atoms with Crippen molar-refractivity contribution in [3.05, 3.63) is 53.9 Å². The Morgan fingerprint density at radius 1 is 1.06 bits per heavy atom. The number of hydrogen-bond acceptors (Lipinski definition) is 10. The van der Waals surface area contributed by atoms with Crippen molar-refractivity contribution in [2.45, 2.75) is 25.6 Å². The summed E-state index contributed by atoms with van der Waals surface area (Å²) in [5, 5.41) is 13.0. The highest BCUT2D eigenvalue weighted by molar-refractivity contribution is 6.25. The standard InChI is InChI=1S/C22H18F2N6O5/c1-3-34-15-7-4-11(8-16(15)33-2)20-25-17(35-27-20)10-29-19-18(26-28-29)21(31)30(22(19)32)12-5-6-13(23)14(24)9-12/h4-9,18-19H,3,10H2,1-2H3. The van der Waals surface area contributed by atoms with Crippen LogP contribution in [0, 0.1) is 11.6 Å². The number of carbonyl (C=O) groups is 2. The minimum absolute atomic E-state index is 0.0898. The molecule has 5 rings (SSSR count). The first kappa shape index (κ1) is 22.4. The first-order valence-corrected chi connectivity index (χ1v) is 10.5. The lowest BCUT2D eigenvalue weighted by Gasteiger charge is -2.19. The molecule has 0 bridgehead atoms. The van der Waals surface area contributed by atoms with Crippen LogP contribution < -0.4 is 14.4 Å². The zero-order valence-corrected chi connectivity index (χ0v) is 18.5. The number of carbonyl (C=O) groups excluding carboxylic acids is 2. The third-order valence-corrected chi connectivity index (χ3v) is 5.51. The van der Waals surface area contributed by atoms with Crippen molar-refractivity contribution in [2.24, 2.45) is 10.3 Å². The number of halogens is 2. The fourth-order valence-corrected chi connectivity index (χ4v) is 3.89. The molecule has 2 atom stereocenters. The molecule has 0 N–H and O–H groups in total. The molecule has 3 heterocycles. The predicted molar refractivity (Wildman–Crippen MR) is 114 cm³/mol. The summed E-state index contributed by atoms with van der Waals surface area (Å²) in [7, 11) is 1.52. The molecule has 2 aliphatic heterocycles. The van der Waals surface area contributed by atoms with Crippen LogP contribution in [0.5, 0.6) is 11.5 Å². The van der Waals surface area contributed by atoms with E-state index in [0.29, 0.717) is 23.7 Å². The molecule has 1 saturated heterocycles. The molecule has 0 spiro atoms. The van der Waals surface area contributed by atoms with Crippen molar-refractivity contribution in [1.82, 2.24) is 15.1 Å². The van der Waals surface area contributed by atoms with E-state index in [0.717, 1.165) is 23.1 Å². The lowest BCUT2D eigenvalue weighted by molar-refractivity contribution is -0.123. The topological polar surface area (TPSA) is 123 Å². The second kappa shape index (κ2) is 8.74. The molecule has 0 aliphatic carbocycles. The lowest BCUT2D eigenvalue weighted by atomic mass is 10.1. The second-order valence-corrected chi connectivity index (χ2v) is 7.61. The van der Waals surface area contributed by atoms with Gasteiger partial charge in [0.15, 0.2) is 35.2 Å². The number of imide groups is 1. The summed E-state index contributed by atoms with van der Waals surface area (Å²) >= 11 is 0. The molecule has 1 aromatic heterocycles. The number of rotatable bonds is 7. The van der Waals surface area contributed by atoms with Gasteiger partial charge in [0.1, 0.15) is 6.54 Å². The van der Waals surface area contributed by atoms with Crippen molar-refractivity contribution < 1.29 is 32.4 Å². The van der Waals surface area contributed by atoms with E-state index in [2.05, 4.69) is 20.5 Å². The second-order valence-electron chi connectivity index (χ2n) is 7.61. The lowest BCUT2D eigenvalue weighted by Crippen LogP contribution is -2.39. The van der Waals surface area contributed by atoms with Crippen LogP contribution in [0.3, 0.4) is 0 Å². The van der Waals surface area contributed by atoms with Gasteiger partial charge in [-0.2, -0.15) is 10.1 Å². The molecule has 2 aliphatic rings. The number of benzene rings is 2. The number of ether oxygens (including phenoxy) is 2. The zero-order valence-electron chi connectivity index (χ0n) is 18.5. The van der Waals surface area contributed by atoms with E-state index in [1.807, 2.05) is 6.92 Å². The summed E-state index contributed by atoms with van der Waals surface area (Å²) < 4.78 is 43.1. The molecule has 2 unspecified atom stereocenters. The summed E-state index contributed by atoms with van der Waals surface area (Å²) in [6.45, 7) is 2.23. The fraction of sp³-hybridized carbons (Fsp3) is 0.273. The average molecular weight is 484 g/mol. The molecule has 3 aromatic rings. The van der Waals surface area contributed by atoms with Crippen molar-refractivity contribution >= 4 is 17.5 Å². The van der Waals surface area contributed by atoms with Gasteiger partial charge in [-0.15, -0.1) is 0 Å². The minimum atomic E-state index is -1.18. The maximum atomic E-state index is 13.7. The van der Waals surface area contributed by atoms with E-state index in [-0.39, 0.29) is 23.9 Å². The molecular weight excluding hydrogens is 466 g/mol. The first-order chi connectivity index (χ1) is 16.9. The van der Waals surface area contributed by atoms with E-state index in [4.69, 9.17) is 14.0 Å². The normalized spacial score (nSPS) is 19.0. The monoisotopic (exact) mass is 484 g/mol. The van der Waals surface area contributed by atoms with Gasteiger partial charge in [0.2, 0.25) is 11.7 Å². The highest BCUT2D eigenvalue weighted by atomic mass is 19.2. The van der Waals surface area contributed by atoms with Gasteiger partial charge in [-0.3, -0.25) is 14.6 Å². The van der Waals surface area contributed by atoms with Crippen molar-refractivity contribution in [2.75, 3.05) is 18.6 Å². The summed E-state index contributed by atoms with van der Waals surface area (Å²) in [6, 6.07) is 5.74. The Kier molecular flexibility index (Phi) is 5.59. The molecule has 11 nitrogen and oxygen atoms in total. The maximum absolute atomic E-state index is 13.7. The highest BCUT2D eigenvalue weighted by Gasteiger charge is 2.55. The number of fused-ring (bicyclic) bond motifs is 1. The van der Waals surface area contributed by atoms with E-state index < -0.39 is 35.5 Å². The van der Waals surface area contributed by atoms with Gasteiger partial charge in [-0.25, -0.2) is 13.7 Å². The summed E-state index contributed by atoms with van der Waals surface area (Å²) in [6.07, 6.45) is 0. The van der Waals surface area contributed by atoms with Crippen LogP contribution in [0.15, 0.2) is 51.3 Å². The van der Waals surface area contributed by atoms with Gasteiger partial charge in [-0.05, 0) is 37.3 Å². The largest absolute Gasteiger partial charge is 0.493 e. The number of aromatic nitrogens is 2. The zero-order chi connectivity index (χ0) is 24.7. The Hall–Kier alpha value is -4.42. The van der Waals surface area contributed by atoms with Crippen LogP contribution in [0.25, 0.3) is 11.4 Å². The van der Waals surface area contributed by atoms with Crippen molar-refractivity contribution in [3.8, 4) is 22.9 Å². The molecule has 13 heteroatoms. The summed E-state index contributed by atoms with van der Waals surface area (Å²) in [5.74, 6) is -2.17. The molecule has 2 aromatic carbocycles. The fourth-order valence-electron chi connectivity index (χ4n) is 3.89. The summed E-state index contributed by atoms with van der Waals surface area (Å²) in [5.41, 5.74) is 0.519. The Balaban J connectivity index is 1.34. The third kappa shape index (κ3) is 3.84. The van der Waals surface area contributed by atoms with Crippen LogP contribution in [-0.2, 0) is 16.1 Å². The highest BCUT2D eigenvalue weighted by Crippen LogP contribution is 2.34. The molecule has 1 fully saturated rings. The Labute approximate surface area is 196 Å². The maximum Gasteiger partial charge on any atom is 0.263 e. The quantitative estimate of drug-likeness (QED) is 0.469. The van der Waals surface area contributed by atoms with E-state index in [9.17, 15) is 18.4 Å². The Morgan fingerprint density at radius 3 is 2.63 bits per heavy atom. The van der Waals surface area contributed by atoms with E-state index in [1.165, 1.54) is 12.1 Å². The van der Waals surface area contributed by atoms with Gasteiger partial charge in [0.25, 0.3) is 11.8 Å². The SMILES string of the molecule is CCOc1ccc(-c2noc(CN3N=NC4C(=O)N(c5ccc(F)c(F)c5)C(=O)C43)n2)cc1OC. The van der Waals surface area contributed by atoms with Crippen LogP contribution in [-0.4, -0.2) is 52.8 Å².